The van der Waals surface area contributed by atoms with Crippen LogP contribution >= 0.6 is 0 Å². The van der Waals surface area contributed by atoms with E-state index in [1.54, 1.807) is 36.4 Å². The van der Waals surface area contributed by atoms with Gasteiger partial charge in [0.2, 0.25) is 0 Å². The van der Waals surface area contributed by atoms with Crippen molar-refractivity contribution >= 4 is 29.1 Å². The number of amides is 1. The van der Waals surface area contributed by atoms with Crippen LogP contribution in [0.1, 0.15) is 65.0 Å². The van der Waals surface area contributed by atoms with Crippen LogP contribution in [0.5, 0.6) is 5.75 Å². The van der Waals surface area contributed by atoms with Crippen molar-refractivity contribution in [2.45, 2.75) is 45.8 Å². The highest BCUT2D eigenvalue weighted by Crippen LogP contribution is 2.43. The number of ether oxygens (including phenoxy) is 2. The monoisotopic (exact) mass is 589 g/mol. The number of nitrogens with zero attached hydrogens (tertiary/aromatic N) is 1. The summed E-state index contributed by atoms with van der Waals surface area (Å²) in [4.78, 5) is 41.0. The predicted octanol–water partition coefficient (Wildman–Crippen LogP) is 7.28. The second kappa shape index (κ2) is 12.2. The molecule has 0 saturated carbocycles. The summed E-state index contributed by atoms with van der Waals surface area (Å²) in [5, 5.41) is 11.7. The highest BCUT2D eigenvalue weighted by atomic mass is 16.5. The molecule has 1 amide bonds. The molecular formula is C37H35NO6. The molecule has 224 valence electrons. The van der Waals surface area contributed by atoms with Crippen LogP contribution in [0.15, 0.2) is 103 Å². The van der Waals surface area contributed by atoms with Gasteiger partial charge >= 0.3 is 5.97 Å². The minimum Gasteiger partial charge on any atom is -0.507 e. The van der Waals surface area contributed by atoms with Crippen molar-refractivity contribution in [1.82, 2.24) is 0 Å². The molecule has 4 aromatic carbocycles. The number of hydrogen-bond acceptors (Lipinski definition) is 6. The molecule has 5 rings (SSSR count). The van der Waals surface area contributed by atoms with Gasteiger partial charge in [-0.25, -0.2) is 4.79 Å². The molecule has 0 bridgehead atoms. The van der Waals surface area contributed by atoms with Crippen molar-refractivity contribution in [2.24, 2.45) is 0 Å². The van der Waals surface area contributed by atoms with Crippen LogP contribution in [0.2, 0.25) is 0 Å². The predicted molar refractivity (Wildman–Crippen MR) is 170 cm³/mol. The van der Waals surface area contributed by atoms with E-state index in [2.05, 4.69) is 20.8 Å². The first-order chi connectivity index (χ1) is 21.0. The summed E-state index contributed by atoms with van der Waals surface area (Å²) < 4.78 is 10.9. The Labute approximate surface area is 257 Å². The van der Waals surface area contributed by atoms with E-state index in [9.17, 15) is 19.5 Å². The van der Waals surface area contributed by atoms with Gasteiger partial charge in [0.1, 0.15) is 18.1 Å². The van der Waals surface area contributed by atoms with Crippen molar-refractivity contribution in [3.05, 3.63) is 136 Å². The SMILES string of the molecule is COC(=O)c1cccc(N2C(=O)C(=O)/C(=C(/O)c3ccc(OCc4ccccc4)c(C)c3)C2c2ccc(C(C)(C)C)cc2)c1. The minimum absolute atomic E-state index is 0.0423. The lowest BCUT2D eigenvalue weighted by atomic mass is 9.85. The Hall–Kier alpha value is -5.17. The molecule has 1 heterocycles. The van der Waals surface area contributed by atoms with Gasteiger partial charge in [0, 0.05) is 11.3 Å². The fraction of sp³-hybridized carbons (Fsp3) is 0.216. The number of rotatable bonds is 7. The normalized spacial score (nSPS) is 16.2. The maximum Gasteiger partial charge on any atom is 0.337 e. The fourth-order valence-corrected chi connectivity index (χ4v) is 5.33. The summed E-state index contributed by atoms with van der Waals surface area (Å²) in [6.07, 6.45) is 0. The van der Waals surface area contributed by atoms with Crippen LogP contribution in [0.4, 0.5) is 5.69 Å². The molecule has 0 spiro atoms. The topological polar surface area (TPSA) is 93.1 Å². The number of anilines is 1. The Morgan fingerprint density at radius 2 is 1.57 bits per heavy atom. The molecule has 1 N–H and O–H groups in total. The molecule has 1 saturated heterocycles. The van der Waals surface area contributed by atoms with Gasteiger partial charge in [0.05, 0.1) is 24.3 Å². The summed E-state index contributed by atoms with van der Waals surface area (Å²) in [7, 11) is 1.28. The van der Waals surface area contributed by atoms with Gasteiger partial charge in [0.25, 0.3) is 11.7 Å². The van der Waals surface area contributed by atoms with Crippen molar-refractivity contribution in [2.75, 3.05) is 12.0 Å². The maximum atomic E-state index is 13.7. The van der Waals surface area contributed by atoms with Gasteiger partial charge in [-0.05, 0) is 71.0 Å². The first kappa shape index (κ1) is 30.3. The molecule has 7 nitrogen and oxygen atoms in total. The Bertz CT molecular complexity index is 1750. The zero-order chi connectivity index (χ0) is 31.6. The quantitative estimate of drug-likeness (QED) is 0.105. The summed E-state index contributed by atoms with van der Waals surface area (Å²) >= 11 is 0. The molecule has 0 aliphatic carbocycles. The first-order valence-electron chi connectivity index (χ1n) is 14.4. The van der Waals surface area contributed by atoms with Crippen molar-refractivity contribution in [1.29, 1.82) is 0 Å². The zero-order valence-corrected chi connectivity index (χ0v) is 25.5. The molecular weight excluding hydrogens is 554 g/mol. The van der Waals surface area contributed by atoms with E-state index >= 15 is 0 Å². The molecule has 1 aliphatic heterocycles. The Balaban J connectivity index is 1.59. The number of hydrogen-bond donors (Lipinski definition) is 1. The van der Waals surface area contributed by atoms with Gasteiger partial charge in [-0.1, -0.05) is 81.4 Å². The number of methoxy groups -OCH3 is 1. The Kier molecular flexibility index (Phi) is 8.41. The fourth-order valence-electron chi connectivity index (χ4n) is 5.33. The van der Waals surface area contributed by atoms with E-state index in [0.717, 1.165) is 16.7 Å². The third kappa shape index (κ3) is 5.99. The van der Waals surface area contributed by atoms with Crippen LogP contribution in [0.3, 0.4) is 0 Å². The van der Waals surface area contributed by atoms with Crippen molar-refractivity contribution in [3.63, 3.8) is 0 Å². The molecule has 1 fully saturated rings. The van der Waals surface area contributed by atoms with Crippen molar-refractivity contribution in [3.8, 4) is 5.75 Å². The number of carbonyl (C=O) groups is 3. The standard InChI is InChI=1S/C37H35NO6/c1-23-20-26(16-19-30(23)44-22-24-10-7-6-8-11-24)33(39)31-32(25-14-17-28(18-15-25)37(2,3)4)38(35(41)34(31)40)29-13-9-12-27(21-29)36(42)43-5/h6-21,32,39H,22H2,1-5H3/b33-31+. The summed E-state index contributed by atoms with van der Waals surface area (Å²) in [5.41, 5.74) is 4.29. The number of Topliss-reactive ketones (excluding diaryl/α,β-unsaturated/α-hetero) is 1. The third-order valence-corrected chi connectivity index (χ3v) is 7.77. The molecule has 44 heavy (non-hydrogen) atoms. The van der Waals surface area contributed by atoms with Crippen LogP contribution < -0.4 is 9.64 Å². The number of ketones is 1. The lowest BCUT2D eigenvalue weighted by Gasteiger charge is -2.27. The second-order valence-corrected chi connectivity index (χ2v) is 11.8. The number of benzene rings is 4. The average molecular weight is 590 g/mol. The molecule has 0 radical (unpaired) electrons. The summed E-state index contributed by atoms with van der Waals surface area (Å²) in [6, 6.07) is 28.0. The van der Waals surface area contributed by atoms with Gasteiger partial charge in [-0.15, -0.1) is 0 Å². The highest BCUT2D eigenvalue weighted by molar-refractivity contribution is 6.51. The lowest BCUT2D eigenvalue weighted by Crippen LogP contribution is -2.29. The molecule has 1 unspecified atom stereocenters. The van der Waals surface area contributed by atoms with Crippen LogP contribution in [-0.2, 0) is 26.3 Å². The van der Waals surface area contributed by atoms with Gasteiger partial charge in [-0.2, -0.15) is 0 Å². The molecule has 4 aromatic rings. The average Bonchev–Trinajstić information content (AvgIpc) is 3.29. The summed E-state index contributed by atoms with van der Waals surface area (Å²) in [6.45, 7) is 8.54. The Morgan fingerprint density at radius 1 is 0.864 bits per heavy atom. The molecule has 1 atom stereocenters. The van der Waals surface area contributed by atoms with E-state index in [-0.39, 0.29) is 22.3 Å². The van der Waals surface area contributed by atoms with Gasteiger partial charge in [0.15, 0.2) is 0 Å². The largest absolute Gasteiger partial charge is 0.507 e. The van der Waals surface area contributed by atoms with E-state index < -0.39 is 23.7 Å². The van der Waals surface area contributed by atoms with E-state index in [0.29, 0.717) is 29.2 Å². The molecule has 0 aromatic heterocycles. The maximum absolute atomic E-state index is 13.7. The number of aryl methyl sites for hydroxylation is 1. The number of aliphatic hydroxyl groups excluding tert-OH is 1. The number of aliphatic hydroxyl groups is 1. The highest BCUT2D eigenvalue weighted by Gasteiger charge is 2.47. The van der Waals surface area contributed by atoms with Crippen LogP contribution in [0, 0.1) is 6.92 Å². The van der Waals surface area contributed by atoms with Crippen LogP contribution in [0.25, 0.3) is 5.76 Å². The zero-order valence-electron chi connectivity index (χ0n) is 25.5. The Morgan fingerprint density at radius 3 is 2.20 bits per heavy atom. The smallest absolute Gasteiger partial charge is 0.337 e. The van der Waals surface area contributed by atoms with E-state index in [1.165, 1.54) is 18.1 Å². The summed E-state index contributed by atoms with van der Waals surface area (Å²) in [5.74, 6) is -1.85. The second-order valence-electron chi connectivity index (χ2n) is 11.8. The van der Waals surface area contributed by atoms with E-state index in [1.807, 2.05) is 61.5 Å². The molecule has 7 heteroatoms. The molecule has 1 aliphatic rings. The third-order valence-electron chi connectivity index (χ3n) is 7.77. The van der Waals surface area contributed by atoms with Crippen LogP contribution in [-0.4, -0.2) is 29.9 Å². The van der Waals surface area contributed by atoms with Crippen molar-refractivity contribution < 1.29 is 29.0 Å². The number of carbonyl (C=O) groups excluding carboxylic acids is 3. The van der Waals surface area contributed by atoms with Gasteiger partial charge < -0.3 is 14.6 Å². The lowest BCUT2D eigenvalue weighted by molar-refractivity contribution is -0.132. The minimum atomic E-state index is -0.939. The number of esters is 1. The first-order valence-corrected chi connectivity index (χ1v) is 14.4. The van der Waals surface area contributed by atoms with E-state index in [4.69, 9.17) is 9.47 Å². The van der Waals surface area contributed by atoms with Gasteiger partial charge in [-0.3, -0.25) is 14.5 Å².